The SMILES string of the molecule is COc1c(O)c(C)c(C/C=C(\C)CC/C=C(\C)CC/C=C(\C)CC/C=C(\C)CC/C=C(\C)CC/C=C(\C)CC/C=C(\C)CC/C=C(\C)CC/C=C(\C)CC/C=C(\C)CCC=C(C)C)c(O)c1OC. The number of aromatic hydroxyl groups is 2. The summed E-state index contributed by atoms with van der Waals surface area (Å²) in [5, 5.41) is 21.3. The van der Waals surface area contributed by atoms with Gasteiger partial charge in [0.15, 0.2) is 11.5 Å². The molecule has 2 N–H and O–H groups in total. The largest absolute Gasteiger partial charge is 0.504 e. The number of hydrogen-bond donors (Lipinski definition) is 2. The Balaban J connectivity index is 2.30. The molecular formula is C64H100O4. The Morgan fingerprint density at radius 3 is 0.750 bits per heavy atom. The van der Waals surface area contributed by atoms with Crippen LogP contribution in [0.25, 0.3) is 0 Å². The molecule has 0 saturated carbocycles. The van der Waals surface area contributed by atoms with Crippen molar-refractivity contribution in [1.29, 1.82) is 0 Å². The van der Waals surface area contributed by atoms with Gasteiger partial charge in [-0.3, -0.25) is 0 Å². The van der Waals surface area contributed by atoms with Crippen LogP contribution in [0.3, 0.4) is 0 Å². The molecule has 0 unspecified atom stereocenters. The van der Waals surface area contributed by atoms with Crippen molar-refractivity contribution in [3.8, 4) is 23.0 Å². The summed E-state index contributed by atoms with van der Waals surface area (Å²) in [6, 6.07) is 0. The first-order valence-corrected chi connectivity index (χ1v) is 26.2. The maximum Gasteiger partial charge on any atom is 0.207 e. The molecule has 0 aromatic heterocycles. The van der Waals surface area contributed by atoms with Gasteiger partial charge in [0.25, 0.3) is 0 Å². The van der Waals surface area contributed by atoms with Crippen molar-refractivity contribution in [3.05, 3.63) is 139 Å². The molecule has 68 heavy (non-hydrogen) atoms. The standard InChI is InChI=1S/C64H100O4/c1-48(2)26-16-27-49(3)28-17-29-50(4)30-18-31-51(5)32-19-33-52(6)34-20-35-53(7)36-21-37-54(8)38-22-39-55(9)40-23-41-56(10)42-24-43-57(11)44-25-45-58(12)46-47-60-59(13)61(65)63(67-14)64(68-15)62(60)66/h26,28,30,32,34,36,38,40,42,44,46,65-66H,16-25,27,29,31,33,35,37,39,41,43,45,47H2,1-15H3/b49-28+,50-30+,51-32+,52-34+,53-36+,54-38+,55-40+,56-42+,57-44+,58-46+. The van der Waals surface area contributed by atoms with Gasteiger partial charge in [-0.2, -0.15) is 0 Å². The van der Waals surface area contributed by atoms with Crippen molar-refractivity contribution >= 4 is 0 Å². The topological polar surface area (TPSA) is 58.9 Å². The van der Waals surface area contributed by atoms with E-state index in [4.69, 9.17) is 9.47 Å². The summed E-state index contributed by atoms with van der Waals surface area (Å²) in [5.74, 6) is 0.355. The summed E-state index contributed by atoms with van der Waals surface area (Å²) in [4.78, 5) is 0. The number of ether oxygens (including phenoxy) is 2. The molecule has 0 saturated heterocycles. The highest BCUT2D eigenvalue weighted by molar-refractivity contribution is 5.66. The third-order valence-electron chi connectivity index (χ3n) is 13.2. The summed E-state index contributed by atoms with van der Waals surface area (Å²) < 4.78 is 10.6. The number of benzene rings is 1. The normalized spacial score (nSPS) is 14.3. The average molecular weight is 933 g/mol. The second-order valence-corrected chi connectivity index (χ2v) is 20.2. The Bertz CT molecular complexity index is 2010. The second-order valence-electron chi connectivity index (χ2n) is 20.2. The van der Waals surface area contributed by atoms with Gasteiger partial charge in [-0.15, -0.1) is 0 Å². The Morgan fingerprint density at radius 1 is 0.324 bits per heavy atom. The molecule has 0 heterocycles. The lowest BCUT2D eigenvalue weighted by Crippen LogP contribution is -1.98. The zero-order valence-corrected chi connectivity index (χ0v) is 46.4. The van der Waals surface area contributed by atoms with Gasteiger partial charge in [0.2, 0.25) is 11.5 Å². The van der Waals surface area contributed by atoms with E-state index < -0.39 is 0 Å². The molecule has 0 aliphatic carbocycles. The van der Waals surface area contributed by atoms with Gasteiger partial charge < -0.3 is 19.7 Å². The van der Waals surface area contributed by atoms with E-state index >= 15 is 0 Å². The molecule has 0 aliphatic heterocycles. The van der Waals surface area contributed by atoms with Crippen molar-refractivity contribution in [2.45, 2.75) is 225 Å². The smallest absolute Gasteiger partial charge is 0.207 e. The van der Waals surface area contributed by atoms with Gasteiger partial charge in [-0.1, -0.05) is 128 Å². The monoisotopic (exact) mass is 933 g/mol. The van der Waals surface area contributed by atoms with Gasteiger partial charge >= 0.3 is 0 Å². The maximum atomic E-state index is 10.8. The average Bonchev–Trinajstić information content (AvgIpc) is 3.27. The van der Waals surface area contributed by atoms with E-state index in [1.807, 2.05) is 0 Å². The highest BCUT2D eigenvalue weighted by atomic mass is 16.5. The maximum absolute atomic E-state index is 10.8. The summed E-state index contributed by atoms with van der Waals surface area (Å²) >= 11 is 0. The minimum absolute atomic E-state index is 0.00623. The zero-order chi connectivity index (χ0) is 50.9. The number of phenols is 2. The number of phenolic OH excluding ortho intramolecular Hbond substituents is 2. The predicted molar refractivity (Wildman–Crippen MR) is 301 cm³/mol. The van der Waals surface area contributed by atoms with Crippen LogP contribution in [-0.4, -0.2) is 24.4 Å². The van der Waals surface area contributed by atoms with Crippen LogP contribution in [0.2, 0.25) is 0 Å². The Labute approximate surface area is 419 Å². The summed E-state index contributed by atoms with van der Waals surface area (Å²) in [6.45, 7) is 28.8. The Kier molecular flexibility index (Phi) is 33.1. The van der Waals surface area contributed by atoms with E-state index in [0.29, 0.717) is 17.5 Å². The third-order valence-corrected chi connectivity index (χ3v) is 13.2. The van der Waals surface area contributed by atoms with Gasteiger partial charge in [-0.05, 0) is 225 Å². The molecule has 1 aromatic rings. The third kappa shape index (κ3) is 28.8. The molecule has 0 atom stereocenters. The van der Waals surface area contributed by atoms with Crippen LogP contribution in [-0.2, 0) is 6.42 Å². The molecule has 0 bridgehead atoms. The lowest BCUT2D eigenvalue weighted by atomic mass is 9.99. The number of hydrogen-bond acceptors (Lipinski definition) is 4. The van der Waals surface area contributed by atoms with Gasteiger partial charge in [-0.25, -0.2) is 0 Å². The number of rotatable bonds is 34. The van der Waals surface area contributed by atoms with Crippen LogP contribution >= 0.6 is 0 Å². The first kappa shape index (κ1) is 61.6. The van der Waals surface area contributed by atoms with Crippen molar-refractivity contribution in [2.75, 3.05) is 14.2 Å². The van der Waals surface area contributed by atoms with E-state index in [9.17, 15) is 10.2 Å². The summed E-state index contributed by atoms with van der Waals surface area (Å²) in [5.41, 5.74) is 17.4. The first-order valence-electron chi connectivity index (χ1n) is 26.2. The molecule has 4 nitrogen and oxygen atoms in total. The lowest BCUT2D eigenvalue weighted by Gasteiger charge is -2.17. The quantitative estimate of drug-likeness (QED) is 0.0534. The molecule has 380 valence electrons. The van der Waals surface area contributed by atoms with Crippen LogP contribution in [0.5, 0.6) is 23.0 Å². The van der Waals surface area contributed by atoms with Crippen molar-refractivity contribution in [3.63, 3.8) is 0 Å². The number of methoxy groups -OCH3 is 2. The van der Waals surface area contributed by atoms with Gasteiger partial charge in [0.1, 0.15) is 0 Å². The van der Waals surface area contributed by atoms with Gasteiger partial charge in [0, 0.05) is 11.1 Å². The highest BCUT2D eigenvalue weighted by Gasteiger charge is 2.22. The van der Waals surface area contributed by atoms with E-state index in [1.54, 1.807) is 6.92 Å². The van der Waals surface area contributed by atoms with Gasteiger partial charge in [0.05, 0.1) is 14.2 Å². The Hall–Kier alpha value is -4.44. The van der Waals surface area contributed by atoms with Crippen LogP contribution in [0, 0.1) is 6.92 Å². The predicted octanol–water partition coefficient (Wildman–Crippen LogP) is 20.2. The van der Waals surface area contributed by atoms with Crippen LogP contribution in [0.4, 0.5) is 0 Å². The number of allylic oxidation sites excluding steroid dienone is 22. The molecular weight excluding hydrogens is 833 g/mol. The fraction of sp³-hybridized carbons (Fsp3) is 0.562. The van der Waals surface area contributed by atoms with Crippen LogP contribution in [0.15, 0.2) is 128 Å². The molecule has 1 aromatic carbocycles. The van der Waals surface area contributed by atoms with Crippen molar-refractivity contribution in [2.24, 2.45) is 0 Å². The zero-order valence-electron chi connectivity index (χ0n) is 46.4. The summed E-state index contributed by atoms with van der Waals surface area (Å²) in [6.07, 6.45) is 49.4. The first-order chi connectivity index (χ1) is 32.4. The van der Waals surface area contributed by atoms with E-state index in [1.165, 1.54) is 94.8 Å². The van der Waals surface area contributed by atoms with E-state index in [-0.39, 0.29) is 23.0 Å². The van der Waals surface area contributed by atoms with E-state index in [2.05, 4.69) is 150 Å². The van der Waals surface area contributed by atoms with Crippen LogP contribution in [0.1, 0.15) is 223 Å². The molecule has 1 rings (SSSR count). The Morgan fingerprint density at radius 2 is 0.529 bits per heavy atom. The molecule has 4 heteroatoms. The van der Waals surface area contributed by atoms with Crippen LogP contribution < -0.4 is 9.47 Å². The lowest BCUT2D eigenvalue weighted by molar-refractivity contribution is 0.314. The summed E-state index contributed by atoms with van der Waals surface area (Å²) in [7, 11) is 2.91. The van der Waals surface area contributed by atoms with Crippen molar-refractivity contribution in [1.82, 2.24) is 0 Å². The fourth-order valence-corrected chi connectivity index (χ4v) is 8.27. The molecule has 0 amide bonds. The molecule has 0 fully saturated rings. The molecule has 0 spiro atoms. The molecule has 0 radical (unpaired) electrons. The fourth-order valence-electron chi connectivity index (χ4n) is 8.27. The highest BCUT2D eigenvalue weighted by Crippen LogP contribution is 2.48. The second kappa shape index (κ2) is 36.5. The molecule has 0 aliphatic rings. The van der Waals surface area contributed by atoms with E-state index in [0.717, 1.165) is 109 Å². The van der Waals surface area contributed by atoms with Crippen molar-refractivity contribution < 1.29 is 19.7 Å². The minimum Gasteiger partial charge on any atom is -0.504 e. The minimum atomic E-state index is 0.00623.